The number of ether oxygens (including phenoxy) is 1. The van der Waals surface area contributed by atoms with Crippen LogP contribution in [0.2, 0.25) is 0 Å². The third-order valence-electron chi connectivity index (χ3n) is 7.77. The molecule has 0 radical (unpaired) electrons. The maximum absolute atomic E-state index is 13.5. The zero-order valence-corrected chi connectivity index (χ0v) is 21.4. The van der Waals surface area contributed by atoms with Crippen LogP contribution in [-0.2, 0) is 9.59 Å². The maximum atomic E-state index is 13.5. The molecule has 8 nitrogen and oxygen atoms in total. The molecule has 0 spiro atoms. The molecule has 3 heterocycles. The number of carbonyl (C=O) groups is 2. The number of fused-ring (bicyclic) bond motifs is 1. The number of nitrogens with two attached hydrogens (primary N) is 1. The minimum atomic E-state index is -0.499. The van der Waals surface area contributed by atoms with Crippen LogP contribution in [0, 0.1) is 11.8 Å². The first-order valence-electron chi connectivity index (χ1n) is 12.8. The molecule has 5 rings (SSSR count). The number of para-hydroxylation sites is 1. The average molecular weight is 490 g/mol. The number of aromatic nitrogens is 1. The number of guanidine groups is 1. The van der Waals surface area contributed by atoms with Gasteiger partial charge in [-0.15, -0.1) is 0 Å². The summed E-state index contributed by atoms with van der Waals surface area (Å²) >= 11 is 0. The Labute approximate surface area is 212 Å². The molecule has 0 bridgehead atoms. The Kier molecular flexibility index (Phi) is 6.01. The summed E-state index contributed by atoms with van der Waals surface area (Å²) in [5.74, 6) is 0.656. The highest BCUT2D eigenvalue weighted by atomic mass is 16.5. The third kappa shape index (κ3) is 4.56. The van der Waals surface area contributed by atoms with Crippen LogP contribution in [0.5, 0.6) is 5.75 Å². The molecule has 5 atom stereocenters. The number of aliphatic imine (C=N–C) groups is 1. The van der Waals surface area contributed by atoms with Gasteiger partial charge in [0.2, 0.25) is 11.8 Å². The van der Waals surface area contributed by atoms with Crippen molar-refractivity contribution in [2.24, 2.45) is 22.6 Å². The molecular weight excluding hydrogens is 454 g/mol. The van der Waals surface area contributed by atoms with E-state index in [-0.39, 0.29) is 47.3 Å². The average Bonchev–Trinajstić information content (AvgIpc) is 3.62. The van der Waals surface area contributed by atoms with E-state index in [0.717, 1.165) is 23.3 Å². The number of nitrogens with zero attached hydrogens (tertiary/aromatic N) is 3. The summed E-state index contributed by atoms with van der Waals surface area (Å²) in [6.07, 6.45) is 5.82. The SMILES string of the molecule is CC[C@]1(C)CC(=O)N(C(c2cccnc2)[C@@H]2C[C@H]2C(=O)N[C@H]2CC(C)(C)Oc3ccccc32)C(N)=N1. The molecule has 1 aromatic heterocycles. The first-order valence-corrected chi connectivity index (χ1v) is 12.8. The highest BCUT2D eigenvalue weighted by Gasteiger charge is 2.53. The van der Waals surface area contributed by atoms with Gasteiger partial charge in [-0.2, -0.15) is 0 Å². The number of nitrogens with one attached hydrogen (secondary N) is 1. The summed E-state index contributed by atoms with van der Waals surface area (Å²) in [4.78, 5) is 37.4. The Morgan fingerprint density at radius 1 is 1.25 bits per heavy atom. The van der Waals surface area contributed by atoms with E-state index in [2.05, 4.69) is 10.3 Å². The lowest BCUT2D eigenvalue weighted by Crippen LogP contribution is -2.52. The molecule has 3 aliphatic rings. The third-order valence-corrected chi connectivity index (χ3v) is 7.77. The van der Waals surface area contributed by atoms with Crippen molar-refractivity contribution >= 4 is 17.8 Å². The van der Waals surface area contributed by atoms with E-state index in [1.807, 2.05) is 64.1 Å². The van der Waals surface area contributed by atoms with Crippen molar-refractivity contribution in [1.82, 2.24) is 15.2 Å². The first-order chi connectivity index (χ1) is 17.1. The Bertz CT molecular complexity index is 1200. The van der Waals surface area contributed by atoms with Gasteiger partial charge in [0.15, 0.2) is 5.96 Å². The minimum absolute atomic E-state index is 0.00948. The zero-order chi connectivity index (χ0) is 25.7. The van der Waals surface area contributed by atoms with E-state index in [1.165, 1.54) is 0 Å². The van der Waals surface area contributed by atoms with Crippen LogP contribution in [0.3, 0.4) is 0 Å². The Morgan fingerprint density at radius 2 is 2.03 bits per heavy atom. The Morgan fingerprint density at radius 3 is 2.72 bits per heavy atom. The lowest BCUT2D eigenvalue weighted by molar-refractivity contribution is -0.132. The van der Waals surface area contributed by atoms with Gasteiger partial charge in [-0.25, -0.2) is 4.99 Å². The molecule has 0 saturated heterocycles. The molecule has 1 aromatic carbocycles. The summed E-state index contributed by atoms with van der Waals surface area (Å²) in [5, 5.41) is 3.28. The van der Waals surface area contributed by atoms with Gasteiger partial charge in [0, 0.05) is 30.3 Å². The molecule has 1 fully saturated rings. The van der Waals surface area contributed by atoms with Crippen molar-refractivity contribution in [3.05, 3.63) is 59.9 Å². The van der Waals surface area contributed by atoms with E-state index in [0.29, 0.717) is 19.3 Å². The Balaban J connectivity index is 1.39. The second-order valence-electron chi connectivity index (χ2n) is 11.2. The van der Waals surface area contributed by atoms with Gasteiger partial charge in [-0.1, -0.05) is 31.2 Å². The maximum Gasteiger partial charge on any atom is 0.232 e. The van der Waals surface area contributed by atoms with Crippen LogP contribution in [-0.4, -0.2) is 38.8 Å². The topological polar surface area (TPSA) is 110 Å². The van der Waals surface area contributed by atoms with Gasteiger partial charge in [-0.05, 0) is 57.2 Å². The lowest BCUT2D eigenvalue weighted by atomic mass is 9.89. The largest absolute Gasteiger partial charge is 0.487 e. The van der Waals surface area contributed by atoms with Gasteiger partial charge in [0.25, 0.3) is 0 Å². The molecule has 1 saturated carbocycles. The van der Waals surface area contributed by atoms with E-state index >= 15 is 0 Å². The predicted molar refractivity (Wildman–Crippen MR) is 137 cm³/mol. The van der Waals surface area contributed by atoms with Crippen molar-refractivity contribution in [1.29, 1.82) is 0 Å². The summed E-state index contributed by atoms with van der Waals surface area (Å²) in [5.41, 5.74) is 7.37. The molecule has 190 valence electrons. The molecule has 1 aliphatic carbocycles. The molecule has 8 heteroatoms. The second kappa shape index (κ2) is 8.91. The molecule has 1 unspecified atom stereocenters. The van der Waals surface area contributed by atoms with Gasteiger partial charge < -0.3 is 15.8 Å². The number of carbonyl (C=O) groups excluding carboxylic acids is 2. The van der Waals surface area contributed by atoms with Gasteiger partial charge in [-0.3, -0.25) is 19.5 Å². The highest BCUT2D eigenvalue weighted by molar-refractivity contribution is 5.99. The summed E-state index contributed by atoms with van der Waals surface area (Å²) in [6.45, 7) is 8.04. The van der Waals surface area contributed by atoms with Crippen molar-refractivity contribution in [3.63, 3.8) is 0 Å². The molecule has 2 aliphatic heterocycles. The monoisotopic (exact) mass is 489 g/mol. The van der Waals surface area contributed by atoms with E-state index in [1.54, 1.807) is 17.3 Å². The van der Waals surface area contributed by atoms with Crippen LogP contribution in [0.25, 0.3) is 0 Å². The minimum Gasteiger partial charge on any atom is -0.487 e. The van der Waals surface area contributed by atoms with Crippen molar-refractivity contribution < 1.29 is 14.3 Å². The van der Waals surface area contributed by atoms with Crippen LogP contribution >= 0.6 is 0 Å². The molecule has 2 aromatic rings. The number of benzene rings is 1. The fourth-order valence-electron chi connectivity index (χ4n) is 5.62. The van der Waals surface area contributed by atoms with E-state index < -0.39 is 5.54 Å². The molecule has 2 amide bonds. The lowest BCUT2D eigenvalue weighted by Gasteiger charge is -2.39. The Hall–Kier alpha value is -3.42. The molecular formula is C28H35N5O3. The van der Waals surface area contributed by atoms with Gasteiger partial charge in [0.05, 0.1) is 24.0 Å². The number of amides is 2. The molecule has 3 N–H and O–H groups in total. The fraction of sp³-hybridized carbons (Fsp3) is 0.500. The van der Waals surface area contributed by atoms with Crippen LogP contribution < -0.4 is 15.8 Å². The summed E-state index contributed by atoms with van der Waals surface area (Å²) < 4.78 is 6.12. The van der Waals surface area contributed by atoms with Crippen molar-refractivity contribution in [2.45, 2.75) is 76.6 Å². The summed E-state index contributed by atoms with van der Waals surface area (Å²) in [6, 6.07) is 11.1. The van der Waals surface area contributed by atoms with Gasteiger partial charge >= 0.3 is 0 Å². The quantitative estimate of drug-likeness (QED) is 0.640. The fourth-order valence-corrected chi connectivity index (χ4v) is 5.62. The van der Waals surface area contributed by atoms with E-state index in [4.69, 9.17) is 15.5 Å². The number of hydrogen-bond donors (Lipinski definition) is 2. The number of hydrogen-bond acceptors (Lipinski definition) is 6. The van der Waals surface area contributed by atoms with Gasteiger partial charge in [0.1, 0.15) is 11.4 Å². The second-order valence-corrected chi connectivity index (χ2v) is 11.2. The van der Waals surface area contributed by atoms with Crippen molar-refractivity contribution in [2.75, 3.05) is 0 Å². The number of pyridine rings is 1. The highest BCUT2D eigenvalue weighted by Crippen LogP contribution is 2.51. The predicted octanol–water partition coefficient (Wildman–Crippen LogP) is 3.89. The van der Waals surface area contributed by atoms with Crippen LogP contribution in [0.4, 0.5) is 0 Å². The smallest absolute Gasteiger partial charge is 0.232 e. The zero-order valence-electron chi connectivity index (χ0n) is 21.4. The number of rotatable bonds is 6. The normalized spacial score (nSPS) is 29.4. The molecule has 36 heavy (non-hydrogen) atoms. The summed E-state index contributed by atoms with van der Waals surface area (Å²) in [7, 11) is 0. The van der Waals surface area contributed by atoms with Crippen LogP contribution in [0.1, 0.15) is 76.6 Å². The standard InChI is InChI=1S/C28H35N5O3/c1-5-28(4)15-23(34)33(26(29)32-28)24(17-9-8-12-30-16-17)19-13-20(19)25(35)31-21-14-27(2,3)36-22-11-7-6-10-18(21)22/h6-12,16,19-21,24H,5,13-15H2,1-4H3,(H2,29,32)(H,31,35)/t19-,20-,21+,24?,28-/m1/s1. The van der Waals surface area contributed by atoms with Crippen LogP contribution in [0.15, 0.2) is 53.8 Å². The first kappa shape index (κ1) is 24.3. The van der Waals surface area contributed by atoms with Crippen molar-refractivity contribution in [3.8, 4) is 5.75 Å². The van der Waals surface area contributed by atoms with E-state index in [9.17, 15) is 9.59 Å².